The van der Waals surface area contributed by atoms with E-state index in [9.17, 15) is 4.79 Å². The molecule has 110 valence electrons. The highest BCUT2D eigenvalue weighted by atomic mass is 32.2. The number of likely N-dealkylation sites (tertiary alicyclic amines) is 1. The van der Waals surface area contributed by atoms with Crippen molar-refractivity contribution in [2.24, 2.45) is 5.73 Å². The van der Waals surface area contributed by atoms with Gasteiger partial charge in [0.2, 0.25) is 5.91 Å². The third kappa shape index (κ3) is 3.98. The summed E-state index contributed by atoms with van der Waals surface area (Å²) in [4.78, 5) is 15.5. The number of carbonyl (C=O) groups excluding carboxylic acids is 1. The van der Waals surface area contributed by atoms with Crippen LogP contribution in [0.3, 0.4) is 0 Å². The SMILES string of the molecule is CSc1ccccc1NC(=O)CN1CCCCC1CN. The lowest BCUT2D eigenvalue weighted by molar-refractivity contribution is -0.118. The number of para-hydroxylation sites is 1. The molecule has 1 amide bonds. The Morgan fingerprint density at radius 3 is 3.00 bits per heavy atom. The molecule has 1 aliphatic heterocycles. The smallest absolute Gasteiger partial charge is 0.238 e. The molecule has 1 heterocycles. The Bertz CT molecular complexity index is 452. The Morgan fingerprint density at radius 2 is 2.25 bits per heavy atom. The summed E-state index contributed by atoms with van der Waals surface area (Å²) in [5.41, 5.74) is 6.69. The van der Waals surface area contributed by atoms with E-state index in [0.29, 0.717) is 19.1 Å². The topological polar surface area (TPSA) is 58.4 Å². The summed E-state index contributed by atoms with van der Waals surface area (Å²) in [5.74, 6) is 0.0480. The van der Waals surface area contributed by atoms with Gasteiger partial charge in [0.25, 0.3) is 0 Å². The van der Waals surface area contributed by atoms with E-state index in [2.05, 4.69) is 10.2 Å². The Kier molecular flexibility index (Phi) is 5.88. The van der Waals surface area contributed by atoms with Crippen molar-refractivity contribution in [3.05, 3.63) is 24.3 Å². The molecule has 20 heavy (non-hydrogen) atoms. The van der Waals surface area contributed by atoms with Crippen LogP contribution in [-0.4, -0.2) is 42.7 Å². The minimum Gasteiger partial charge on any atom is -0.329 e. The predicted molar refractivity (Wildman–Crippen MR) is 85.1 cm³/mol. The molecular weight excluding hydrogens is 270 g/mol. The number of hydrogen-bond donors (Lipinski definition) is 2. The molecule has 1 unspecified atom stereocenters. The van der Waals surface area contributed by atoms with Crippen LogP contribution >= 0.6 is 11.8 Å². The molecule has 0 spiro atoms. The van der Waals surface area contributed by atoms with E-state index in [1.54, 1.807) is 11.8 Å². The van der Waals surface area contributed by atoms with Gasteiger partial charge in [-0.05, 0) is 37.8 Å². The zero-order chi connectivity index (χ0) is 14.4. The Balaban J connectivity index is 1.94. The number of rotatable bonds is 5. The number of thioether (sulfide) groups is 1. The third-order valence-electron chi connectivity index (χ3n) is 3.75. The Morgan fingerprint density at radius 1 is 1.45 bits per heavy atom. The van der Waals surface area contributed by atoms with Crippen molar-refractivity contribution in [3.63, 3.8) is 0 Å². The van der Waals surface area contributed by atoms with Crippen LogP contribution in [0.1, 0.15) is 19.3 Å². The summed E-state index contributed by atoms with van der Waals surface area (Å²) in [6.45, 7) is 2.04. The van der Waals surface area contributed by atoms with Crippen molar-refractivity contribution in [2.45, 2.75) is 30.2 Å². The van der Waals surface area contributed by atoms with Crippen molar-refractivity contribution in [1.29, 1.82) is 0 Å². The normalized spacial score (nSPS) is 19.8. The van der Waals surface area contributed by atoms with Crippen LogP contribution in [0, 0.1) is 0 Å². The monoisotopic (exact) mass is 293 g/mol. The summed E-state index contributed by atoms with van der Waals surface area (Å²) in [6.07, 6.45) is 5.49. The van der Waals surface area contributed by atoms with Gasteiger partial charge in [0.1, 0.15) is 0 Å². The minimum atomic E-state index is 0.0480. The van der Waals surface area contributed by atoms with Crippen molar-refractivity contribution >= 4 is 23.4 Å². The number of nitrogens with one attached hydrogen (secondary N) is 1. The highest BCUT2D eigenvalue weighted by Crippen LogP contribution is 2.24. The number of nitrogens with two attached hydrogens (primary N) is 1. The summed E-state index contributed by atoms with van der Waals surface area (Å²) >= 11 is 1.64. The highest BCUT2D eigenvalue weighted by molar-refractivity contribution is 7.98. The van der Waals surface area contributed by atoms with Gasteiger partial charge in [-0.2, -0.15) is 0 Å². The lowest BCUT2D eigenvalue weighted by Crippen LogP contribution is -2.47. The van der Waals surface area contributed by atoms with Gasteiger partial charge in [-0.15, -0.1) is 11.8 Å². The average Bonchev–Trinajstić information content (AvgIpc) is 2.48. The van der Waals surface area contributed by atoms with Crippen LogP contribution in [-0.2, 0) is 4.79 Å². The Hall–Kier alpha value is -1.04. The zero-order valence-corrected chi connectivity index (χ0v) is 12.8. The molecule has 0 aromatic heterocycles. The highest BCUT2D eigenvalue weighted by Gasteiger charge is 2.23. The molecule has 1 aromatic carbocycles. The molecule has 0 bridgehead atoms. The van der Waals surface area contributed by atoms with Gasteiger partial charge in [-0.25, -0.2) is 0 Å². The first-order valence-corrected chi connectivity index (χ1v) is 8.34. The van der Waals surface area contributed by atoms with E-state index in [1.165, 1.54) is 6.42 Å². The van der Waals surface area contributed by atoms with Crippen LogP contribution in [0.4, 0.5) is 5.69 Å². The molecular formula is C15H23N3OS. The van der Waals surface area contributed by atoms with Crippen LogP contribution in [0.2, 0.25) is 0 Å². The first-order chi connectivity index (χ1) is 9.74. The summed E-state index contributed by atoms with van der Waals surface area (Å²) in [5, 5.41) is 3.01. The minimum absolute atomic E-state index is 0.0480. The fourth-order valence-corrected chi connectivity index (χ4v) is 3.21. The molecule has 2 rings (SSSR count). The summed E-state index contributed by atoms with van der Waals surface area (Å²) in [6, 6.07) is 8.24. The number of hydrogen-bond acceptors (Lipinski definition) is 4. The second-order valence-electron chi connectivity index (χ2n) is 5.10. The largest absolute Gasteiger partial charge is 0.329 e. The average molecular weight is 293 g/mol. The molecule has 4 nitrogen and oxygen atoms in total. The maximum Gasteiger partial charge on any atom is 0.238 e. The van der Waals surface area contributed by atoms with E-state index >= 15 is 0 Å². The Labute approximate surface area is 125 Å². The summed E-state index contributed by atoms with van der Waals surface area (Å²) < 4.78 is 0. The fourth-order valence-electron chi connectivity index (χ4n) is 2.66. The third-order valence-corrected chi connectivity index (χ3v) is 4.54. The van der Waals surface area contributed by atoms with E-state index in [-0.39, 0.29) is 5.91 Å². The molecule has 5 heteroatoms. The first-order valence-electron chi connectivity index (χ1n) is 7.11. The number of amides is 1. The van der Waals surface area contributed by atoms with Crippen molar-refractivity contribution < 1.29 is 4.79 Å². The first kappa shape index (κ1) is 15.4. The molecule has 1 saturated heterocycles. The second kappa shape index (κ2) is 7.67. The van der Waals surface area contributed by atoms with Gasteiger partial charge >= 0.3 is 0 Å². The molecule has 3 N–H and O–H groups in total. The maximum atomic E-state index is 12.2. The van der Waals surface area contributed by atoms with E-state index < -0.39 is 0 Å². The van der Waals surface area contributed by atoms with Crippen LogP contribution < -0.4 is 11.1 Å². The van der Waals surface area contributed by atoms with Crippen molar-refractivity contribution in [2.75, 3.05) is 31.2 Å². The van der Waals surface area contributed by atoms with Crippen LogP contribution in [0.15, 0.2) is 29.2 Å². The van der Waals surface area contributed by atoms with E-state index in [4.69, 9.17) is 5.73 Å². The van der Waals surface area contributed by atoms with Gasteiger partial charge in [-0.3, -0.25) is 9.69 Å². The molecule has 0 saturated carbocycles. The van der Waals surface area contributed by atoms with Gasteiger partial charge in [0.15, 0.2) is 0 Å². The van der Waals surface area contributed by atoms with Gasteiger partial charge in [0, 0.05) is 17.5 Å². The van der Waals surface area contributed by atoms with Crippen molar-refractivity contribution in [3.8, 4) is 0 Å². The van der Waals surface area contributed by atoms with Gasteiger partial charge in [0.05, 0.1) is 12.2 Å². The number of benzene rings is 1. The van der Waals surface area contributed by atoms with Crippen LogP contribution in [0.5, 0.6) is 0 Å². The molecule has 0 aliphatic carbocycles. The number of nitrogens with zero attached hydrogens (tertiary/aromatic N) is 1. The summed E-state index contributed by atoms with van der Waals surface area (Å²) in [7, 11) is 0. The quantitative estimate of drug-likeness (QED) is 0.817. The molecule has 1 atom stereocenters. The molecule has 1 aromatic rings. The maximum absolute atomic E-state index is 12.2. The lowest BCUT2D eigenvalue weighted by atomic mass is 10.0. The second-order valence-corrected chi connectivity index (χ2v) is 5.95. The van der Waals surface area contributed by atoms with Gasteiger partial charge < -0.3 is 11.1 Å². The number of piperidine rings is 1. The molecule has 1 aliphatic rings. The van der Waals surface area contributed by atoms with E-state index in [0.717, 1.165) is 30.0 Å². The number of carbonyl (C=O) groups is 1. The standard InChI is InChI=1S/C15H23N3OS/c1-20-14-8-3-2-7-13(14)17-15(19)11-18-9-5-4-6-12(18)10-16/h2-3,7-8,12H,4-6,9-11,16H2,1H3,(H,17,19). The number of anilines is 1. The zero-order valence-electron chi connectivity index (χ0n) is 12.0. The van der Waals surface area contributed by atoms with Gasteiger partial charge in [-0.1, -0.05) is 18.6 Å². The fraction of sp³-hybridized carbons (Fsp3) is 0.533. The van der Waals surface area contributed by atoms with E-state index in [1.807, 2.05) is 30.5 Å². The molecule has 0 radical (unpaired) electrons. The van der Waals surface area contributed by atoms with Crippen molar-refractivity contribution in [1.82, 2.24) is 4.90 Å². The predicted octanol–water partition coefficient (Wildman–Crippen LogP) is 2.16. The lowest BCUT2D eigenvalue weighted by Gasteiger charge is -2.34. The molecule has 1 fully saturated rings. The van der Waals surface area contributed by atoms with Crippen LogP contribution in [0.25, 0.3) is 0 Å².